The van der Waals surface area contributed by atoms with E-state index < -0.39 is 0 Å². The van der Waals surface area contributed by atoms with Crippen LogP contribution in [-0.4, -0.2) is 20.3 Å². The second kappa shape index (κ2) is 8.00. The van der Waals surface area contributed by atoms with E-state index in [2.05, 4.69) is 6.58 Å². The zero-order chi connectivity index (χ0) is 14.9. The number of hydrogen-bond acceptors (Lipinski definition) is 3. The van der Waals surface area contributed by atoms with E-state index in [4.69, 9.17) is 14.2 Å². The molecule has 0 N–H and O–H groups in total. The van der Waals surface area contributed by atoms with Crippen LogP contribution in [0.4, 0.5) is 0 Å². The van der Waals surface area contributed by atoms with Gasteiger partial charge < -0.3 is 14.2 Å². The van der Waals surface area contributed by atoms with Crippen molar-refractivity contribution in [1.82, 2.24) is 0 Å². The summed E-state index contributed by atoms with van der Waals surface area (Å²) in [4.78, 5) is 0. The number of para-hydroxylation sites is 3. The summed E-state index contributed by atoms with van der Waals surface area (Å²) in [5, 5.41) is 0. The Morgan fingerprint density at radius 3 is 2.10 bits per heavy atom. The van der Waals surface area contributed by atoms with Crippen LogP contribution in [-0.2, 0) is 6.42 Å². The van der Waals surface area contributed by atoms with Gasteiger partial charge in [0.1, 0.15) is 19.0 Å². The third-order valence-electron chi connectivity index (χ3n) is 3.00. The Balaban J connectivity index is 1.86. The molecule has 110 valence electrons. The molecule has 2 aromatic carbocycles. The summed E-state index contributed by atoms with van der Waals surface area (Å²) in [6, 6.07) is 15.5. The van der Waals surface area contributed by atoms with Gasteiger partial charge >= 0.3 is 0 Å². The Bertz CT molecular complexity index is 578. The van der Waals surface area contributed by atoms with Crippen LogP contribution in [0.25, 0.3) is 0 Å². The van der Waals surface area contributed by atoms with E-state index in [0.717, 1.165) is 29.2 Å². The predicted octanol–water partition coefficient (Wildman–Crippen LogP) is 3.88. The highest BCUT2D eigenvalue weighted by atomic mass is 16.5. The lowest BCUT2D eigenvalue weighted by atomic mass is 10.1. The van der Waals surface area contributed by atoms with Gasteiger partial charge in [0, 0.05) is 0 Å². The van der Waals surface area contributed by atoms with E-state index in [1.165, 1.54) is 0 Å². The molecule has 3 nitrogen and oxygen atoms in total. The van der Waals surface area contributed by atoms with Gasteiger partial charge in [0.25, 0.3) is 0 Å². The number of hydrogen-bond donors (Lipinski definition) is 0. The lowest BCUT2D eigenvalue weighted by Crippen LogP contribution is -2.10. The van der Waals surface area contributed by atoms with Crippen LogP contribution in [0.1, 0.15) is 5.56 Å². The average Bonchev–Trinajstić information content (AvgIpc) is 2.53. The molecule has 0 atom stereocenters. The fourth-order valence-electron chi connectivity index (χ4n) is 2.01. The number of ether oxygens (including phenoxy) is 3. The molecule has 0 saturated heterocycles. The normalized spacial score (nSPS) is 9.95. The highest BCUT2D eigenvalue weighted by molar-refractivity contribution is 5.39. The molecule has 2 rings (SSSR count). The predicted molar refractivity (Wildman–Crippen MR) is 84.3 cm³/mol. The first-order valence-corrected chi connectivity index (χ1v) is 6.92. The van der Waals surface area contributed by atoms with Crippen molar-refractivity contribution < 1.29 is 14.2 Å². The molecule has 0 unspecified atom stereocenters. The minimum atomic E-state index is 0.461. The fourth-order valence-corrected chi connectivity index (χ4v) is 2.01. The maximum Gasteiger partial charge on any atom is 0.161 e. The van der Waals surface area contributed by atoms with Gasteiger partial charge in [-0.05, 0) is 30.2 Å². The monoisotopic (exact) mass is 284 g/mol. The third kappa shape index (κ3) is 4.28. The topological polar surface area (TPSA) is 27.7 Å². The average molecular weight is 284 g/mol. The Morgan fingerprint density at radius 1 is 0.857 bits per heavy atom. The molecule has 0 amide bonds. The summed E-state index contributed by atoms with van der Waals surface area (Å²) in [5.41, 5.74) is 1.13. The third-order valence-corrected chi connectivity index (χ3v) is 3.00. The van der Waals surface area contributed by atoms with Crippen LogP contribution in [0.2, 0.25) is 0 Å². The van der Waals surface area contributed by atoms with Gasteiger partial charge in [0.05, 0.1) is 7.11 Å². The molecular weight excluding hydrogens is 264 g/mol. The van der Waals surface area contributed by atoms with Crippen LogP contribution in [0.15, 0.2) is 61.2 Å². The van der Waals surface area contributed by atoms with Crippen molar-refractivity contribution in [3.05, 3.63) is 66.7 Å². The fraction of sp³-hybridized carbons (Fsp3) is 0.222. The number of rotatable bonds is 8. The Labute approximate surface area is 125 Å². The van der Waals surface area contributed by atoms with E-state index in [1.807, 2.05) is 54.6 Å². The Hall–Kier alpha value is -2.42. The first-order chi connectivity index (χ1) is 10.3. The molecule has 0 bridgehead atoms. The molecule has 0 aromatic heterocycles. The molecular formula is C18H20O3. The summed E-state index contributed by atoms with van der Waals surface area (Å²) in [5.74, 6) is 2.33. The number of allylic oxidation sites excluding steroid dienone is 1. The van der Waals surface area contributed by atoms with Gasteiger partial charge in [-0.15, -0.1) is 6.58 Å². The van der Waals surface area contributed by atoms with Crippen molar-refractivity contribution >= 4 is 0 Å². The molecule has 3 heteroatoms. The zero-order valence-corrected chi connectivity index (χ0v) is 12.2. The standard InChI is InChI=1S/C18H20O3/c1-3-8-15-9-4-5-10-16(15)20-13-14-21-18-12-7-6-11-17(18)19-2/h3-7,9-12H,1,8,13-14H2,2H3. The molecule has 0 aliphatic carbocycles. The van der Waals surface area contributed by atoms with E-state index in [0.29, 0.717) is 13.2 Å². The van der Waals surface area contributed by atoms with Gasteiger partial charge in [-0.25, -0.2) is 0 Å². The van der Waals surface area contributed by atoms with Crippen LogP contribution in [0.3, 0.4) is 0 Å². The number of benzene rings is 2. The lowest BCUT2D eigenvalue weighted by molar-refractivity contribution is 0.210. The minimum absolute atomic E-state index is 0.461. The van der Waals surface area contributed by atoms with Crippen molar-refractivity contribution in [2.75, 3.05) is 20.3 Å². The summed E-state index contributed by atoms with van der Waals surface area (Å²) in [7, 11) is 1.63. The molecule has 0 heterocycles. The Kier molecular flexibility index (Phi) is 5.71. The van der Waals surface area contributed by atoms with E-state index in [9.17, 15) is 0 Å². The zero-order valence-electron chi connectivity index (χ0n) is 12.2. The second-order valence-electron chi connectivity index (χ2n) is 4.45. The number of methoxy groups -OCH3 is 1. The highest BCUT2D eigenvalue weighted by Crippen LogP contribution is 2.25. The maximum atomic E-state index is 5.77. The molecule has 0 spiro atoms. The summed E-state index contributed by atoms with van der Waals surface area (Å²) >= 11 is 0. The molecule has 0 aliphatic heterocycles. The molecule has 2 aromatic rings. The van der Waals surface area contributed by atoms with Crippen molar-refractivity contribution in [2.45, 2.75) is 6.42 Å². The first kappa shape index (κ1) is 15.0. The summed E-state index contributed by atoms with van der Waals surface area (Å²) in [6.45, 7) is 4.70. The van der Waals surface area contributed by atoms with Crippen LogP contribution >= 0.6 is 0 Å². The lowest BCUT2D eigenvalue weighted by Gasteiger charge is -2.12. The van der Waals surface area contributed by atoms with Crippen molar-refractivity contribution in [3.8, 4) is 17.2 Å². The van der Waals surface area contributed by atoms with Crippen LogP contribution in [0, 0.1) is 0 Å². The van der Waals surface area contributed by atoms with E-state index in [-0.39, 0.29) is 0 Å². The summed E-state index contributed by atoms with van der Waals surface area (Å²) < 4.78 is 16.7. The van der Waals surface area contributed by atoms with Crippen molar-refractivity contribution in [3.63, 3.8) is 0 Å². The quantitative estimate of drug-likeness (QED) is 0.544. The van der Waals surface area contributed by atoms with E-state index >= 15 is 0 Å². The maximum absolute atomic E-state index is 5.77. The van der Waals surface area contributed by atoms with Crippen LogP contribution < -0.4 is 14.2 Å². The highest BCUT2D eigenvalue weighted by Gasteiger charge is 2.04. The summed E-state index contributed by atoms with van der Waals surface area (Å²) in [6.07, 6.45) is 2.66. The Morgan fingerprint density at radius 2 is 1.43 bits per heavy atom. The van der Waals surface area contributed by atoms with Crippen molar-refractivity contribution in [2.24, 2.45) is 0 Å². The molecule has 0 fully saturated rings. The van der Waals surface area contributed by atoms with Gasteiger partial charge in [-0.3, -0.25) is 0 Å². The smallest absolute Gasteiger partial charge is 0.161 e. The van der Waals surface area contributed by atoms with Crippen LogP contribution in [0.5, 0.6) is 17.2 Å². The molecule has 0 radical (unpaired) electrons. The minimum Gasteiger partial charge on any atom is -0.493 e. The SMILES string of the molecule is C=CCc1ccccc1OCCOc1ccccc1OC. The van der Waals surface area contributed by atoms with Gasteiger partial charge in [0.2, 0.25) is 0 Å². The molecule has 0 saturated carbocycles. The van der Waals surface area contributed by atoms with Gasteiger partial charge in [0.15, 0.2) is 11.5 Å². The van der Waals surface area contributed by atoms with Gasteiger partial charge in [-0.2, -0.15) is 0 Å². The largest absolute Gasteiger partial charge is 0.493 e. The first-order valence-electron chi connectivity index (χ1n) is 6.92. The second-order valence-corrected chi connectivity index (χ2v) is 4.45. The van der Waals surface area contributed by atoms with Gasteiger partial charge in [-0.1, -0.05) is 36.4 Å². The molecule has 0 aliphatic rings. The van der Waals surface area contributed by atoms with E-state index in [1.54, 1.807) is 7.11 Å². The van der Waals surface area contributed by atoms with Crippen molar-refractivity contribution in [1.29, 1.82) is 0 Å². The molecule has 21 heavy (non-hydrogen) atoms.